The largest absolute Gasteiger partial charge is 0.477 e. The summed E-state index contributed by atoms with van der Waals surface area (Å²) >= 11 is 0. The molecular formula is C12H20ClN3O. The SMILES string of the molecule is Cc1ccc(OCCC2CCCNC2)nn1.Cl. The maximum atomic E-state index is 5.56. The van der Waals surface area contributed by atoms with Gasteiger partial charge >= 0.3 is 0 Å². The number of hydrogen-bond acceptors (Lipinski definition) is 4. The zero-order valence-corrected chi connectivity index (χ0v) is 11.0. The second-order valence-corrected chi connectivity index (χ2v) is 4.36. The van der Waals surface area contributed by atoms with Crippen LogP contribution in [0.1, 0.15) is 25.0 Å². The van der Waals surface area contributed by atoms with Gasteiger partial charge in [-0.1, -0.05) is 0 Å². The predicted molar refractivity (Wildman–Crippen MR) is 69.7 cm³/mol. The Kier molecular flexibility index (Phi) is 6.22. The van der Waals surface area contributed by atoms with E-state index in [2.05, 4.69) is 15.5 Å². The molecule has 1 aliphatic heterocycles. The maximum Gasteiger partial charge on any atom is 0.233 e. The van der Waals surface area contributed by atoms with Gasteiger partial charge in [-0.3, -0.25) is 0 Å². The number of nitrogens with one attached hydrogen (secondary N) is 1. The van der Waals surface area contributed by atoms with Crippen molar-refractivity contribution in [3.63, 3.8) is 0 Å². The van der Waals surface area contributed by atoms with E-state index in [4.69, 9.17) is 4.74 Å². The molecule has 1 N–H and O–H groups in total. The van der Waals surface area contributed by atoms with E-state index in [1.807, 2.05) is 19.1 Å². The fraction of sp³-hybridized carbons (Fsp3) is 0.667. The second-order valence-electron chi connectivity index (χ2n) is 4.36. The molecule has 17 heavy (non-hydrogen) atoms. The third kappa shape index (κ3) is 4.88. The van der Waals surface area contributed by atoms with Crippen LogP contribution in [0.5, 0.6) is 5.88 Å². The standard InChI is InChI=1S/C12H19N3O.ClH/c1-10-4-5-12(15-14-10)16-8-6-11-3-2-7-13-9-11;/h4-5,11,13H,2-3,6-9H2,1H3;1H. The number of halogens is 1. The van der Waals surface area contributed by atoms with E-state index in [0.717, 1.165) is 31.2 Å². The highest BCUT2D eigenvalue weighted by Crippen LogP contribution is 2.14. The first-order valence-corrected chi connectivity index (χ1v) is 5.98. The maximum absolute atomic E-state index is 5.56. The van der Waals surface area contributed by atoms with Crippen molar-refractivity contribution >= 4 is 12.4 Å². The summed E-state index contributed by atoms with van der Waals surface area (Å²) in [5, 5.41) is 11.3. The third-order valence-corrected chi connectivity index (χ3v) is 2.95. The Bertz CT molecular complexity index is 312. The molecule has 0 bridgehead atoms. The molecule has 1 unspecified atom stereocenters. The van der Waals surface area contributed by atoms with Crippen molar-refractivity contribution in [1.29, 1.82) is 0 Å². The Morgan fingerprint density at radius 3 is 2.94 bits per heavy atom. The number of piperidine rings is 1. The summed E-state index contributed by atoms with van der Waals surface area (Å²) in [5.41, 5.74) is 0.920. The molecule has 4 nitrogen and oxygen atoms in total. The van der Waals surface area contributed by atoms with E-state index in [9.17, 15) is 0 Å². The van der Waals surface area contributed by atoms with Gasteiger partial charge in [0.05, 0.1) is 12.3 Å². The first kappa shape index (κ1) is 14.2. The van der Waals surface area contributed by atoms with Crippen LogP contribution in [0.15, 0.2) is 12.1 Å². The van der Waals surface area contributed by atoms with Crippen LogP contribution >= 0.6 is 12.4 Å². The van der Waals surface area contributed by atoms with Crippen molar-refractivity contribution in [2.75, 3.05) is 19.7 Å². The smallest absolute Gasteiger partial charge is 0.233 e. The molecule has 1 aromatic heterocycles. The summed E-state index contributed by atoms with van der Waals surface area (Å²) in [4.78, 5) is 0. The molecule has 1 atom stereocenters. The van der Waals surface area contributed by atoms with Crippen LogP contribution in [0.4, 0.5) is 0 Å². The highest BCUT2D eigenvalue weighted by atomic mass is 35.5. The van der Waals surface area contributed by atoms with Crippen LogP contribution in [0.3, 0.4) is 0 Å². The van der Waals surface area contributed by atoms with E-state index >= 15 is 0 Å². The van der Waals surface area contributed by atoms with Crippen LogP contribution in [0, 0.1) is 12.8 Å². The Morgan fingerprint density at radius 1 is 1.41 bits per heavy atom. The van der Waals surface area contributed by atoms with Crippen molar-refractivity contribution in [2.24, 2.45) is 5.92 Å². The van der Waals surface area contributed by atoms with Gasteiger partial charge in [0, 0.05) is 6.07 Å². The quantitative estimate of drug-likeness (QED) is 0.896. The zero-order chi connectivity index (χ0) is 11.2. The summed E-state index contributed by atoms with van der Waals surface area (Å²) in [5.74, 6) is 1.39. The lowest BCUT2D eigenvalue weighted by atomic mass is 9.97. The molecule has 1 aromatic rings. The minimum absolute atomic E-state index is 0. The van der Waals surface area contributed by atoms with Crippen molar-refractivity contribution < 1.29 is 4.74 Å². The summed E-state index contributed by atoms with van der Waals surface area (Å²) < 4.78 is 5.56. The van der Waals surface area contributed by atoms with Gasteiger partial charge in [0.1, 0.15) is 0 Å². The lowest BCUT2D eigenvalue weighted by Gasteiger charge is -2.22. The van der Waals surface area contributed by atoms with Crippen molar-refractivity contribution in [1.82, 2.24) is 15.5 Å². The molecular weight excluding hydrogens is 238 g/mol. The highest BCUT2D eigenvalue weighted by Gasteiger charge is 2.12. The topological polar surface area (TPSA) is 47.0 Å². The number of rotatable bonds is 4. The van der Waals surface area contributed by atoms with Crippen LogP contribution in [-0.2, 0) is 0 Å². The number of ether oxygens (including phenoxy) is 1. The van der Waals surface area contributed by atoms with Gasteiger partial charge in [-0.25, -0.2) is 0 Å². The summed E-state index contributed by atoms with van der Waals surface area (Å²) in [6.07, 6.45) is 3.70. The minimum atomic E-state index is 0. The number of aromatic nitrogens is 2. The lowest BCUT2D eigenvalue weighted by Crippen LogP contribution is -2.30. The van der Waals surface area contributed by atoms with Gasteiger partial charge < -0.3 is 10.1 Å². The average Bonchev–Trinajstić information content (AvgIpc) is 2.33. The first-order chi connectivity index (χ1) is 7.84. The Morgan fingerprint density at radius 2 is 2.29 bits per heavy atom. The van der Waals surface area contributed by atoms with Crippen LogP contribution in [0.2, 0.25) is 0 Å². The van der Waals surface area contributed by atoms with E-state index in [-0.39, 0.29) is 12.4 Å². The van der Waals surface area contributed by atoms with Crippen LogP contribution in [-0.4, -0.2) is 29.9 Å². The molecule has 2 rings (SSSR count). The molecule has 1 aliphatic rings. The molecule has 2 heterocycles. The lowest BCUT2D eigenvalue weighted by molar-refractivity contribution is 0.245. The highest BCUT2D eigenvalue weighted by molar-refractivity contribution is 5.85. The molecule has 0 aliphatic carbocycles. The summed E-state index contributed by atoms with van der Waals surface area (Å²) in [6, 6.07) is 3.80. The molecule has 96 valence electrons. The zero-order valence-electron chi connectivity index (χ0n) is 10.2. The van der Waals surface area contributed by atoms with Gasteiger partial charge in [-0.15, -0.1) is 17.5 Å². The van der Waals surface area contributed by atoms with Crippen molar-refractivity contribution in [3.8, 4) is 5.88 Å². The van der Waals surface area contributed by atoms with Crippen molar-refractivity contribution in [3.05, 3.63) is 17.8 Å². The predicted octanol–water partition coefficient (Wildman–Crippen LogP) is 1.98. The third-order valence-electron chi connectivity index (χ3n) is 2.95. The van der Waals surface area contributed by atoms with E-state index < -0.39 is 0 Å². The molecule has 0 saturated carbocycles. The van der Waals surface area contributed by atoms with E-state index in [1.165, 1.54) is 19.4 Å². The minimum Gasteiger partial charge on any atom is -0.477 e. The van der Waals surface area contributed by atoms with Gasteiger partial charge in [0.2, 0.25) is 5.88 Å². The first-order valence-electron chi connectivity index (χ1n) is 5.98. The van der Waals surface area contributed by atoms with Crippen molar-refractivity contribution in [2.45, 2.75) is 26.2 Å². The second kappa shape index (κ2) is 7.45. The molecule has 0 radical (unpaired) electrons. The Hall–Kier alpha value is -0.870. The average molecular weight is 258 g/mol. The Balaban J connectivity index is 0.00000144. The molecule has 5 heteroatoms. The number of hydrogen-bond donors (Lipinski definition) is 1. The monoisotopic (exact) mass is 257 g/mol. The van der Waals surface area contributed by atoms with Gasteiger partial charge in [-0.05, 0) is 51.3 Å². The molecule has 1 fully saturated rings. The summed E-state index contributed by atoms with van der Waals surface area (Å²) in [7, 11) is 0. The van der Waals surface area contributed by atoms with E-state index in [0.29, 0.717) is 5.88 Å². The number of nitrogens with zero attached hydrogens (tertiary/aromatic N) is 2. The van der Waals surface area contributed by atoms with Crippen LogP contribution in [0.25, 0.3) is 0 Å². The fourth-order valence-corrected chi connectivity index (χ4v) is 1.96. The van der Waals surface area contributed by atoms with Gasteiger partial charge in [0.25, 0.3) is 0 Å². The fourth-order valence-electron chi connectivity index (χ4n) is 1.96. The van der Waals surface area contributed by atoms with Gasteiger partial charge in [-0.2, -0.15) is 5.10 Å². The van der Waals surface area contributed by atoms with Crippen LogP contribution < -0.4 is 10.1 Å². The number of aryl methyl sites for hydroxylation is 1. The molecule has 0 amide bonds. The molecule has 0 aromatic carbocycles. The Labute approximate surface area is 109 Å². The normalized spacial score (nSPS) is 19.5. The van der Waals surface area contributed by atoms with Gasteiger partial charge in [0.15, 0.2) is 0 Å². The van der Waals surface area contributed by atoms with E-state index in [1.54, 1.807) is 0 Å². The molecule has 0 spiro atoms. The molecule has 1 saturated heterocycles. The summed E-state index contributed by atoms with van der Waals surface area (Å²) in [6.45, 7) is 4.96.